The number of rotatable bonds is 4. The maximum Gasteiger partial charge on any atom is 0.211 e. The summed E-state index contributed by atoms with van der Waals surface area (Å²) in [5, 5.41) is -0.152. The van der Waals surface area contributed by atoms with Crippen LogP contribution in [0.15, 0.2) is 0 Å². The molecule has 0 radical (unpaired) electrons. The zero-order valence-electron chi connectivity index (χ0n) is 6.09. The van der Waals surface area contributed by atoms with Gasteiger partial charge in [0.25, 0.3) is 0 Å². The van der Waals surface area contributed by atoms with Gasteiger partial charge in [0.2, 0.25) is 10.0 Å². The summed E-state index contributed by atoms with van der Waals surface area (Å²) in [6.07, 6.45) is 0. The van der Waals surface area contributed by atoms with Gasteiger partial charge < -0.3 is 0 Å². The first-order valence-electron chi connectivity index (χ1n) is 3.09. The van der Waals surface area contributed by atoms with E-state index < -0.39 is 10.0 Å². The lowest BCUT2D eigenvalue weighted by atomic mass is 10.5. The molecule has 0 amide bonds. The Balaban J connectivity index is 3.70. The molecule has 0 bridgehead atoms. The third kappa shape index (κ3) is 5.02. The van der Waals surface area contributed by atoms with Crippen molar-refractivity contribution in [2.75, 3.05) is 12.3 Å². The van der Waals surface area contributed by atoms with Gasteiger partial charge in [-0.3, -0.25) is 0 Å². The van der Waals surface area contributed by atoms with E-state index in [0.717, 1.165) is 0 Å². The van der Waals surface area contributed by atoms with Gasteiger partial charge in [-0.15, -0.1) is 11.6 Å². The maximum absolute atomic E-state index is 10.7. The highest BCUT2D eigenvalue weighted by Gasteiger charge is 2.06. The SMILES string of the molecule is CCS(=O)(=O)NCC(C)Cl. The highest BCUT2D eigenvalue weighted by Crippen LogP contribution is 1.91. The fourth-order valence-corrected chi connectivity index (χ4v) is 1.22. The molecule has 0 aliphatic rings. The molecule has 0 aromatic carbocycles. The Bertz CT molecular complexity index is 176. The molecule has 1 unspecified atom stereocenters. The normalized spacial score (nSPS) is 15.1. The topological polar surface area (TPSA) is 46.2 Å². The minimum Gasteiger partial charge on any atom is -0.214 e. The van der Waals surface area contributed by atoms with E-state index in [0.29, 0.717) is 6.54 Å². The Kier molecular flexibility index (Phi) is 4.24. The Morgan fingerprint density at radius 1 is 1.60 bits per heavy atom. The molecule has 0 aliphatic carbocycles. The molecule has 0 aromatic rings. The summed E-state index contributed by atoms with van der Waals surface area (Å²) in [5.74, 6) is 0.108. The van der Waals surface area contributed by atoms with Gasteiger partial charge in [-0.1, -0.05) is 0 Å². The summed E-state index contributed by atoms with van der Waals surface area (Å²) < 4.78 is 23.8. The van der Waals surface area contributed by atoms with Gasteiger partial charge in [0.1, 0.15) is 0 Å². The molecule has 62 valence electrons. The summed E-state index contributed by atoms with van der Waals surface area (Å²) in [4.78, 5) is 0. The van der Waals surface area contributed by atoms with Crippen LogP contribution >= 0.6 is 11.6 Å². The van der Waals surface area contributed by atoms with E-state index in [1.807, 2.05) is 0 Å². The van der Waals surface area contributed by atoms with Gasteiger partial charge in [0, 0.05) is 11.9 Å². The van der Waals surface area contributed by atoms with Crippen molar-refractivity contribution < 1.29 is 8.42 Å². The van der Waals surface area contributed by atoms with E-state index in [-0.39, 0.29) is 11.1 Å². The molecule has 0 aromatic heterocycles. The molecular weight excluding hydrogens is 174 g/mol. The maximum atomic E-state index is 10.7. The molecule has 3 nitrogen and oxygen atoms in total. The Labute approximate surface area is 66.8 Å². The van der Waals surface area contributed by atoms with Crippen LogP contribution in [-0.2, 0) is 10.0 Å². The Hall–Kier alpha value is 0.200. The first-order chi connectivity index (χ1) is 4.48. The lowest BCUT2D eigenvalue weighted by Crippen LogP contribution is -2.29. The zero-order valence-corrected chi connectivity index (χ0v) is 7.67. The van der Waals surface area contributed by atoms with E-state index >= 15 is 0 Å². The Morgan fingerprint density at radius 2 is 2.10 bits per heavy atom. The van der Waals surface area contributed by atoms with Crippen molar-refractivity contribution in [3.05, 3.63) is 0 Å². The molecule has 0 heterocycles. The highest BCUT2D eigenvalue weighted by molar-refractivity contribution is 7.89. The quantitative estimate of drug-likeness (QED) is 0.651. The zero-order chi connectivity index (χ0) is 8.20. The summed E-state index contributed by atoms with van der Waals surface area (Å²) in [6, 6.07) is 0. The van der Waals surface area contributed by atoms with Gasteiger partial charge >= 0.3 is 0 Å². The van der Waals surface area contributed by atoms with Crippen LogP contribution in [0.25, 0.3) is 0 Å². The lowest BCUT2D eigenvalue weighted by Gasteiger charge is -2.04. The van der Waals surface area contributed by atoms with Gasteiger partial charge in [-0.05, 0) is 13.8 Å². The number of alkyl halides is 1. The number of nitrogens with one attached hydrogen (secondary N) is 1. The number of hydrogen-bond donors (Lipinski definition) is 1. The van der Waals surface area contributed by atoms with Crippen LogP contribution in [0, 0.1) is 0 Å². The molecular formula is C5H12ClNO2S. The van der Waals surface area contributed by atoms with Gasteiger partial charge in [0.15, 0.2) is 0 Å². The summed E-state index contributed by atoms with van der Waals surface area (Å²) >= 11 is 5.51. The second kappa shape index (κ2) is 4.16. The van der Waals surface area contributed by atoms with Crippen molar-refractivity contribution in [1.82, 2.24) is 4.72 Å². The molecule has 0 spiro atoms. The molecule has 0 aliphatic heterocycles. The largest absolute Gasteiger partial charge is 0.214 e. The number of hydrogen-bond acceptors (Lipinski definition) is 2. The minimum absolute atomic E-state index is 0.108. The molecule has 1 atom stereocenters. The van der Waals surface area contributed by atoms with Crippen molar-refractivity contribution in [2.24, 2.45) is 0 Å². The standard InChI is InChI=1S/C5H12ClNO2S/c1-3-10(8,9)7-4-5(2)6/h5,7H,3-4H2,1-2H3. The summed E-state index contributed by atoms with van der Waals surface area (Å²) in [6.45, 7) is 3.62. The van der Waals surface area contributed by atoms with Crippen LogP contribution < -0.4 is 4.72 Å². The third-order valence-electron chi connectivity index (χ3n) is 0.965. The predicted octanol–water partition coefficient (Wildman–Crippen LogP) is 0.553. The lowest BCUT2D eigenvalue weighted by molar-refractivity contribution is 0.582. The van der Waals surface area contributed by atoms with E-state index in [4.69, 9.17) is 11.6 Å². The number of halogens is 1. The fraction of sp³-hybridized carbons (Fsp3) is 1.00. The van der Waals surface area contributed by atoms with E-state index in [9.17, 15) is 8.42 Å². The third-order valence-corrected chi connectivity index (χ3v) is 2.49. The van der Waals surface area contributed by atoms with E-state index in [2.05, 4.69) is 4.72 Å². The molecule has 0 saturated heterocycles. The fourth-order valence-electron chi connectivity index (χ4n) is 0.344. The number of sulfonamides is 1. The van der Waals surface area contributed by atoms with Crippen molar-refractivity contribution >= 4 is 21.6 Å². The first kappa shape index (κ1) is 10.2. The van der Waals surface area contributed by atoms with Crippen LogP contribution in [0.4, 0.5) is 0 Å². The predicted molar refractivity (Wildman–Crippen MR) is 42.8 cm³/mol. The minimum atomic E-state index is -3.05. The smallest absolute Gasteiger partial charge is 0.211 e. The average molecular weight is 186 g/mol. The summed E-state index contributed by atoms with van der Waals surface area (Å²) in [5.41, 5.74) is 0. The van der Waals surface area contributed by atoms with Gasteiger partial charge in [-0.2, -0.15) is 0 Å². The second-order valence-corrected chi connectivity index (χ2v) is 4.87. The van der Waals surface area contributed by atoms with Gasteiger partial charge in [-0.25, -0.2) is 13.1 Å². The monoisotopic (exact) mass is 185 g/mol. The molecule has 1 N–H and O–H groups in total. The van der Waals surface area contributed by atoms with E-state index in [1.165, 1.54) is 0 Å². The first-order valence-corrected chi connectivity index (χ1v) is 5.18. The average Bonchev–Trinajstić information content (AvgIpc) is 1.85. The molecule has 5 heteroatoms. The Morgan fingerprint density at radius 3 is 2.40 bits per heavy atom. The molecule has 10 heavy (non-hydrogen) atoms. The van der Waals surface area contributed by atoms with E-state index in [1.54, 1.807) is 13.8 Å². The molecule has 0 saturated carbocycles. The van der Waals surface area contributed by atoms with Crippen LogP contribution in [0.5, 0.6) is 0 Å². The van der Waals surface area contributed by atoms with Crippen LogP contribution in [0.1, 0.15) is 13.8 Å². The van der Waals surface area contributed by atoms with Crippen LogP contribution in [0.2, 0.25) is 0 Å². The van der Waals surface area contributed by atoms with Crippen molar-refractivity contribution in [2.45, 2.75) is 19.2 Å². The van der Waals surface area contributed by atoms with Crippen LogP contribution in [0.3, 0.4) is 0 Å². The summed E-state index contributed by atoms with van der Waals surface area (Å²) in [7, 11) is -3.05. The molecule has 0 rings (SSSR count). The van der Waals surface area contributed by atoms with Crippen molar-refractivity contribution in [1.29, 1.82) is 0 Å². The van der Waals surface area contributed by atoms with Crippen LogP contribution in [-0.4, -0.2) is 26.1 Å². The van der Waals surface area contributed by atoms with Crippen molar-refractivity contribution in [3.63, 3.8) is 0 Å². The molecule has 0 fully saturated rings. The second-order valence-electron chi connectivity index (χ2n) is 2.03. The van der Waals surface area contributed by atoms with Gasteiger partial charge in [0.05, 0.1) is 5.75 Å². The highest BCUT2D eigenvalue weighted by atomic mass is 35.5. The van der Waals surface area contributed by atoms with Crippen molar-refractivity contribution in [3.8, 4) is 0 Å².